The largest absolute Gasteiger partial charge is 0.452 e. The molecular weight excluding hydrogens is 318 g/mol. The second-order valence-electron chi connectivity index (χ2n) is 5.71. The highest BCUT2D eigenvalue weighted by atomic mass is 16.5. The number of nitrogens with zero attached hydrogens (tertiary/aromatic N) is 2. The first kappa shape index (κ1) is 16.7. The Hall–Kier alpha value is -3.15. The third kappa shape index (κ3) is 3.85. The summed E-state index contributed by atoms with van der Waals surface area (Å²) in [5.41, 5.74) is 4.39. The number of hydrogen-bond acceptors (Lipinski definition) is 6. The van der Waals surface area contributed by atoms with Crippen LogP contribution in [0.4, 0.5) is 11.4 Å². The zero-order valence-electron chi connectivity index (χ0n) is 14.4. The molecule has 25 heavy (non-hydrogen) atoms. The van der Waals surface area contributed by atoms with Crippen molar-refractivity contribution in [2.24, 2.45) is 0 Å². The molecule has 3 rings (SSSR count). The number of rotatable bonds is 5. The van der Waals surface area contributed by atoms with E-state index in [1.807, 2.05) is 44.2 Å². The lowest BCUT2D eigenvalue weighted by Gasteiger charge is -2.14. The predicted molar refractivity (Wildman–Crippen MR) is 93.8 cm³/mol. The predicted octanol–water partition coefficient (Wildman–Crippen LogP) is 4.10. The third-order valence-electron chi connectivity index (χ3n) is 3.92. The van der Waals surface area contributed by atoms with Gasteiger partial charge in [-0.05, 0) is 43.2 Å². The number of ether oxygens (including phenoxy) is 1. The molecule has 128 valence electrons. The summed E-state index contributed by atoms with van der Waals surface area (Å²) in [5, 5.41) is 10.8. The molecule has 1 aromatic heterocycles. The molecule has 0 unspecified atom stereocenters. The number of para-hydroxylation sites is 1. The van der Waals surface area contributed by atoms with Crippen LogP contribution in [0, 0.1) is 20.8 Å². The lowest BCUT2D eigenvalue weighted by atomic mass is 10.1. The van der Waals surface area contributed by atoms with Crippen LogP contribution in [0.2, 0.25) is 0 Å². The first-order chi connectivity index (χ1) is 12.0. The summed E-state index contributed by atoms with van der Waals surface area (Å²) in [6.45, 7) is 5.71. The van der Waals surface area contributed by atoms with E-state index in [0.717, 1.165) is 11.3 Å². The summed E-state index contributed by atoms with van der Waals surface area (Å²) in [6, 6.07) is 13.2. The van der Waals surface area contributed by atoms with Crippen LogP contribution in [-0.2, 0) is 11.3 Å². The molecule has 0 bridgehead atoms. The molecule has 0 aliphatic rings. The van der Waals surface area contributed by atoms with Crippen molar-refractivity contribution < 1.29 is 13.9 Å². The maximum absolute atomic E-state index is 12.4. The van der Waals surface area contributed by atoms with Crippen molar-refractivity contribution in [3.63, 3.8) is 0 Å². The highest BCUT2D eigenvalue weighted by Crippen LogP contribution is 2.25. The first-order valence-corrected chi connectivity index (χ1v) is 7.93. The zero-order chi connectivity index (χ0) is 17.8. The second kappa shape index (κ2) is 7.17. The minimum Gasteiger partial charge on any atom is -0.452 e. The van der Waals surface area contributed by atoms with Crippen LogP contribution < -0.4 is 5.32 Å². The van der Waals surface area contributed by atoms with E-state index in [1.54, 1.807) is 19.1 Å². The lowest BCUT2D eigenvalue weighted by molar-refractivity contribution is 0.0438. The quantitative estimate of drug-likeness (QED) is 0.706. The van der Waals surface area contributed by atoms with Gasteiger partial charge in [-0.2, -0.15) is 0 Å². The number of aromatic nitrogens is 2. The Labute approximate surface area is 145 Å². The summed E-state index contributed by atoms with van der Waals surface area (Å²) in [5.74, 6) is 0.248. The summed E-state index contributed by atoms with van der Waals surface area (Å²) >= 11 is 0. The summed E-state index contributed by atoms with van der Waals surface area (Å²) in [4.78, 5) is 12.4. The number of anilines is 2. The molecule has 2 aromatic carbocycles. The number of carbonyl (C=O) groups is 1. The van der Waals surface area contributed by atoms with Crippen LogP contribution in [0.1, 0.15) is 33.3 Å². The summed E-state index contributed by atoms with van der Waals surface area (Å²) in [6.07, 6.45) is 0. The number of aryl methyl sites for hydroxylation is 2. The highest BCUT2D eigenvalue weighted by Gasteiger charge is 2.15. The fraction of sp³-hybridized carbons (Fsp3) is 0.211. The van der Waals surface area contributed by atoms with Gasteiger partial charge in [-0.25, -0.2) is 4.79 Å². The van der Waals surface area contributed by atoms with E-state index in [-0.39, 0.29) is 12.5 Å². The van der Waals surface area contributed by atoms with Crippen molar-refractivity contribution in [1.82, 2.24) is 10.2 Å². The molecule has 0 amide bonds. The van der Waals surface area contributed by atoms with Crippen LogP contribution in [-0.4, -0.2) is 16.2 Å². The van der Waals surface area contributed by atoms with E-state index in [1.165, 1.54) is 5.56 Å². The van der Waals surface area contributed by atoms with Gasteiger partial charge in [0.05, 0.1) is 11.3 Å². The van der Waals surface area contributed by atoms with Crippen molar-refractivity contribution in [1.29, 1.82) is 0 Å². The molecule has 0 fully saturated rings. The Bertz CT molecular complexity index is 902. The van der Waals surface area contributed by atoms with Crippen LogP contribution in [0.25, 0.3) is 0 Å². The Morgan fingerprint density at radius 2 is 1.80 bits per heavy atom. The van der Waals surface area contributed by atoms with Gasteiger partial charge >= 0.3 is 5.97 Å². The number of esters is 1. The van der Waals surface area contributed by atoms with Crippen LogP contribution >= 0.6 is 0 Å². The Morgan fingerprint density at radius 1 is 1.04 bits per heavy atom. The molecule has 0 saturated heterocycles. The summed E-state index contributed by atoms with van der Waals surface area (Å²) in [7, 11) is 0. The van der Waals surface area contributed by atoms with Crippen LogP contribution in [0.3, 0.4) is 0 Å². The van der Waals surface area contributed by atoms with E-state index in [4.69, 9.17) is 9.15 Å². The monoisotopic (exact) mass is 337 g/mol. The number of hydrogen-bond donors (Lipinski definition) is 1. The SMILES string of the molecule is Cc1nnc(COC(=O)c2ccccc2Nc2cccc(C)c2C)o1. The van der Waals surface area contributed by atoms with Crippen molar-refractivity contribution in [3.05, 3.63) is 70.9 Å². The van der Waals surface area contributed by atoms with E-state index < -0.39 is 5.97 Å². The van der Waals surface area contributed by atoms with Gasteiger partial charge in [0.2, 0.25) is 5.89 Å². The van der Waals surface area contributed by atoms with Crippen molar-refractivity contribution in [2.75, 3.05) is 5.32 Å². The van der Waals surface area contributed by atoms with Gasteiger partial charge in [0.25, 0.3) is 5.89 Å². The smallest absolute Gasteiger partial charge is 0.340 e. The normalized spacial score (nSPS) is 10.5. The van der Waals surface area contributed by atoms with Gasteiger partial charge in [-0.15, -0.1) is 10.2 Å². The molecule has 6 nitrogen and oxygen atoms in total. The molecule has 0 saturated carbocycles. The molecule has 0 aliphatic carbocycles. The van der Waals surface area contributed by atoms with Gasteiger partial charge in [-0.3, -0.25) is 0 Å². The van der Waals surface area contributed by atoms with Gasteiger partial charge < -0.3 is 14.5 Å². The van der Waals surface area contributed by atoms with Gasteiger partial charge in [0, 0.05) is 12.6 Å². The van der Waals surface area contributed by atoms with Crippen molar-refractivity contribution >= 4 is 17.3 Å². The lowest BCUT2D eigenvalue weighted by Crippen LogP contribution is -2.09. The molecule has 1 heterocycles. The molecule has 1 N–H and O–H groups in total. The van der Waals surface area contributed by atoms with E-state index in [0.29, 0.717) is 17.1 Å². The van der Waals surface area contributed by atoms with Crippen molar-refractivity contribution in [2.45, 2.75) is 27.4 Å². The summed E-state index contributed by atoms with van der Waals surface area (Å²) < 4.78 is 10.5. The average Bonchev–Trinajstić information content (AvgIpc) is 3.03. The minimum absolute atomic E-state index is 0.0581. The van der Waals surface area contributed by atoms with Gasteiger partial charge in [0.1, 0.15) is 0 Å². The van der Waals surface area contributed by atoms with E-state index >= 15 is 0 Å². The Balaban J connectivity index is 1.78. The molecular formula is C19H19N3O3. The van der Waals surface area contributed by atoms with Gasteiger partial charge in [0.15, 0.2) is 6.61 Å². The van der Waals surface area contributed by atoms with E-state index in [2.05, 4.69) is 15.5 Å². The molecule has 0 spiro atoms. The molecule has 3 aromatic rings. The number of benzene rings is 2. The fourth-order valence-corrected chi connectivity index (χ4v) is 2.40. The average molecular weight is 337 g/mol. The first-order valence-electron chi connectivity index (χ1n) is 7.93. The molecule has 0 radical (unpaired) electrons. The molecule has 6 heteroatoms. The van der Waals surface area contributed by atoms with Crippen LogP contribution in [0.5, 0.6) is 0 Å². The second-order valence-corrected chi connectivity index (χ2v) is 5.71. The number of nitrogens with one attached hydrogen (secondary N) is 1. The molecule has 0 atom stereocenters. The van der Waals surface area contributed by atoms with Gasteiger partial charge in [-0.1, -0.05) is 24.3 Å². The highest BCUT2D eigenvalue weighted by molar-refractivity contribution is 5.96. The third-order valence-corrected chi connectivity index (χ3v) is 3.92. The Morgan fingerprint density at radius 3 is 2.56 bits per heavy atom. The van der Waals surface area contributed by atoms with Crippen LogP contribution in [0.15, 0.2) is 46.9 Å². The molecule has 0 aliphatic heterocycles. The number of carbonyl (C=O) groups excluding carboxylic acids is 1. The topological polar surface area (TPSA) is 77.2 Å². The maximum atomic E-state index is 12.4. The zero-order valence-corrected chi connectivity index (χ0v) is 14.4. The minimum atomic E-state index is -0.454. The Kier molecular flexibility index (Phi) is 4.79. The fourth-order valence-electron chi connectivity index (χ4n) is 2.40. The standard InChI is InChI=1S/C19H19N3O3/c1-12-7-6-10-16(13(12)2)20-17-9-5-4-8-15(17)19(23)24-11-18-22-21-14(3)25-18/h4-10,20H,11H2,1-3H3. The maximum Gasteiger partial charge on any atom is 0.340 e. The van der Waals surface area contributed by atoms with E-state index in [9.17, 15) is 4.79 Å². The van der Waals surface area contributed by atoms with Crippen molar-refractivity contribution in [3.8, 4) is 0 Å².